The number of hydrogen-bond donors (Lipinski definition) is 0. The average molecular weight is 520 g/mol. The molecule has 1 fully saturated rings. The molecule has 1 saturated heterocycles. The Morgan fingerprint density at radius 1 is 0.973 bits per heavy atom. The quantitative estimate of drug-likeness (QED) is 0.169. The summed E-state index contributed by atoms with van der Waals surface area (Å²) in [7, 11) is 0. The van der Waals surface area contributed by atoms with Crippen molar-refractivity contribution in [3.8, 4) is 22.5 Å². The van der Waals surface area contributed by atoms with Crippen LogP contribution in [0.4, 0.5) is 0 Å². The van der Waals surface area contributed by atoms with Crippen molar-refractivity contribution in [2.24, 2.45) is 5.92 Å². The summed E-state index contributed by atoms with van der Waals surface area (Å²) < 4.78 is 7.48. The highest BCUT2D eigenvalue weighted by molar-refractivity contribution is 7.99. The predicted molar refractivity (Wildman–Crippen MR) is 149 cm³/mol. The number of hydrogen-bond acceptors (Lipinski definition) is 5. The molecule has 196 valence electrons. The summed E-state index contributed by atoms with van der Waals surface area (Å²) in [5, 5.41) is 1.00. The Kier molecular flexibility index (Phi) is 9.83. The van der Waals surface area contributed by atoms with Crippen LogP contribution in [0.2, 0.25) is 0 Å². The zero-order valence-electron chi connectivity index (χ0n) is 21.9. The van der Waals surface area contributed by atoms with E-state index in [0.717, 1.165) is 52.8 Å². The van der Waals surface area contributed by atoms with Gasteiger partial charge in [0, 0.05) is 42.9 Å². The number of amides is 1. The van der Waals surface area contributed by atoms with E-state index in [4.69, 9.17) is 9.72 Å². The van der Waals surface area contributed by atoms with Crippen LogP contribution < -0.4 is 0 Å². The molecule has 1 aliphatic rings. The van der Waals surface area contributed by atoms with Gasteiger partial charge in [-0.1, -0.05) is 79.3 Å². The van der Waals surface area contributed by atoms with Gasteiger partial charge in [0.1, 0.15) is 0 Å². The number of likely N-dealkylation sites (tertiary alicyclic amines) is 1. The molecule has 37 heavy (non-hydrogen) atoms. The number of ether oxygens (including phenoxy) is 1. The Morgan fingerprint density at radius 2 is 1.62 bits per heavy atom. The van der Waals surface area contributed by atoms with Crippen molar-refractivity contribution in [1.29, 1.82) is 0 Å². The molecular formula is C30H37N3O3S. The zero-order chi connectivity index (χ0) is 26.0. The number of benzene rings is 2. The minimum absolute atomic E-state index is 0.0744. The molecule has 1 aromatic heterocycles. The first kappa shape index (κ1) is 27.0. The standard InChI is InChI=1S/C30H37N3O3S/c1-3-19-33-28(24-14-9-6-10-15-24)27(23-12-7-5-8-13-23)31-30(33)37-22-11-16-26(34)32-20-17-25(18-21-32)29(35)36-4-2/h5-10,12-15,25H,3-4,11,16-22H2,1-2H3. The lowest BCUT2D eigenvalue weighted by Gasteiger charge is -2.31. The third kappa shape index (κ3) is 6.83. The predicted octanol–water partition coefficient (Wildman–Crippen LogP) is 6.30. The first-order chi connectivity index (χ1) is 18.1. The number of imidazole rings is 1. The monoisotopic (exact) mass is 519 g/mol. The van der Waals surface area contributed by atoms with Gasteiger partial charge in [-0.3, -0.25) is 9.59 Å². The van der Waals surface area contributed by atoms with Crippen molar-refractivity contribution in [2.45, 2.75) is 57.7 Å². The number of carbonyl (C=O) groups excluding carboxylic acids is 2. The maximum atomic E-state index is 12.8. The lowest BCUT2D eigenvalue weighted by molar-refractivity contribution is -0.151. The van der Waals surface area contributed by atoms with E-state index >= 15 is 0 Å². The van der Waals surface area contributed by atoms with Crippen LogP contribution >= 0.6 is 11.8 Å². The molecule has 1 aliphatic heterocycles. The van der Waals surface area contributed by atoms with Crippen molar-refractivity contribution in [1.82, 2.24) is 14.5 Å². The highest BCUT2D eigenvalue weighted by atomic mass is 32.2. The van der Waals surface area contributed by atoms with Gasteiger partial charge in [-0.2, -0.15) is 0 Å². The fourth-order valence-electron chi connectivity index (χ4n) is 4.83. The third-order valence-electron chi connectivity index (χ3n) is 6.71. The molecule has 4 rings (SSSR count). The van der Waals surface area contributed by atoms with Crippen LogP contribution in [-0.2, 0) is 20.9 Å². The highest BCUT2D eigenvalue weighted by Gasteiger charge is 2.28. The van der Waals surface area contributed by atoms with E-state index in [2.05, 4.69) is 60.0 Å². The Morgan fingerprint density at radius 3 is 2.24 bits per heavy atom. The summed E-state index contributed by atoms with van der Waals surface area (Å²) in [4.78, 5) is 31.8. The Balaban J connectivity index is 1.40. The highest BCUT2D eigenvalue weighted by Crippen LogP contribution is 2.36. The smallest absolute Gasteiger partial charge is 0.309 e. The lowest BCUT2D eigenvalue weighted by Crippen LogP contribution is -2.40. The first-order valence-corrected chi connectivity index (χ1v) is 14.4. The van der Waals surface area contributed by atoms with Crippen LogP contribution in [-0.4, -0.2) is 51.8 Å². The summed E-state index contributed by atoms with van der Waals surface area (Å²) in [6, 6.07) is 20.8. The number of esters is 1. The van der Waals surface area contributed by atoms with Gasteiger partial charge in [-0.05, 0) is 32.6 Å². The van der Waals surface area contributed by atoms with E-state index in [1.165, 1.54) is 0 Å². The average Bonchev–Trinajstić information content (AvgIpc) is 3.30. The number of carbonyl (C=O) groups is 2. The molecule has 6 nitrogen and oxygen atoms in total. The summed E-state index contributed by atoms with van der Waals surface area (Å²) in [6.45, 7) is 6.59. The minimum Gasteiger partial charge on any atom is -0.466 e. The van der Waals surface area contributed by atoms with Crippen molar-refractivity contribution < 1.29 is 14.3 Å². The van der Waals surface area contributed by atoms with Gasteiger partial charge in [0.25, 0.3) is 0 Å². The summed E-state index contributed by atoms with van der Waals surface area (Å²) in [5.74, 6) is 0.802. The molecule has 0 N–H and O–H groups in total. The summed E-state index contributed by atoms with van der Waals surface area (Å²) in [5.41, 5.74) is 4.43. The van der Waals surface area contributed by atoms with Crippen molar-refractivity contribution in [3.63, 3.8) is 0 Å². The molecule has 0 saturated carbocycles. The van der Waals surface area contributed by atoms with E-state index in [-0.39, 0.29) is 17.8 Å². The van der Waals surface area contributed by atoms with Gasteiger partial charge in [0.2, 0.25) is 5.91 Å². The SMILES string of the molecule is CCCn1c(SCCCC(=O)N2CCC(C(=O)OCC)CC2)nc(-c2ccccc2)c1-c1ccccc1. The van der Waals surface area contributed by atoms with Gasteiger partial charge in [0.15, 0.2) is 5.16 Å². The van der Waals surface area contributed by atoms with E-state index in [9.17, 15) is 9.59 Å². The maximum absolute atomic E-state index is 12.8. The molecule has 3 aromatic rings. The molecule has 0 radical (unpaired) electrons. The molecule has 0 bridgehead atoms. The number of aromatic nitrogens is 2. The normalized spacial score (nSPS) is 14.1. The third-order valence-corrected chi connectivity index (χ3v) is 7.77. The van der Waals surface area contributed by atoms with Crippen molar-refractivity contribution in [3.05, 3.63) is 60.7 Å². The van der Waals surface area contributed by atoms with Crippen LogP contribution in [0, 0.1) is 5.92 Å². The van der Waals surface area contributed by atoms with E-state index in [0.29, 0.717) is 39.0 Å². The van der Waals surface area contributed by atoms with Crippen LogP contribution in [0.3, 0.4) is 0 Å². The summed E-state index contributed by atoms with van der Waals surface area (Å²) >= 11 is 1.73. The molecule has 0 aliphatic carbocycles. The van der Waals surface area contributed by atoms with Gasteiger partial charge in [0.05, 0.1) is 23.9 Å². The zero-order valence-corrected chi connectivity index (χ0v) is 22.7. The first-order valence-electron chi connectivity index (χ1n) is 13.4. The van der Waals surface area contributed by atoms with Crippen LogP contribution in [0.15, 0.2) is 65.8 Å². The van der Waals surface area contributed by atoms with Gasteiger partial charge >= 0.3 is 5.97 Å². The number of nitrogens with zero attached hydrogens (tertiary/aromatic N) is 3. The second-order valence-electron chi connectivity index (χ2n) is 9.33. The number of thioether (sulfide) groups is 1. The van der Waals surface area contributed by atoms with Gasteiger partial charge in [-0.25, -0.2) is 4.98 Å². The van der Waals surface area contributed by atoms with Crippen LogP contribution in [0.5, 0.6) is 0 Å². The number of rotatable bonds is 11. The maximum Gasteiger partial charge on any atom is 0.309 e. The molecule has 0 spiro atoms. The summed E-state index contributed by atoms with van der Waals surface area (Å²) in [6.07, 6.45) is 3.71. The molecule has 0 atom stereocenters. The second-order valence-corrected chi connectivity index (χ2v) is 10.4. The van der Waals surface area contributed by atoms with Crippen LogP contribution in [0.1, 0.15) is 46.0 Å². The number of piperidine rings is 1. The second kappa shape index (κ2) is 13.5. The fourth-order valence-corrected chi connectivity index (χ4v) is 5.79. The van der Waals surface area contributed by atoms with Crippen molar-refractivity contribution in [2.75, 3.05) is 25.4 Å². The lowest BCUT2D eigenvalue weighted by atomic mass is 9.97. The van der Waals surface area contributed by atoms with E-state index in [1.807, 2.05) is 24.0 Å². The minimum atomic E-state index is -0.127. The van der Waals surface area contributed by atoms with Gasteiger partial charge in [-0.15, -0.1) is 0 Å². The van der Waals surface area contributed by atoms with E-state index in [1.54, 1.807) is 11.8 Å². The topological polar surface area (TPSA) is 64.4 Å². The van der Waals surface area contributed by atoms with Gasteiger partial charge < -0.3 is 14.2 Å². The molecule has 2 aromatic carbocycles. The van der Waals surface area contributed by atoms with Crippen LogP contribution in [0.25, 0.3) is 22.5 Å². The Bertz CT molecular complexity index is 1160. The Hall–Kier alpha value is -3.06. The molecular weight excluding hydrogens is 482 g/mol. The molecule has 2 heterocycles. The van der Waals surface area contributed by atoms with E-state index < -0.39 is 0 Å². The molecule has 0 unspecified atom stereocenters. The fraction of sp³-hybridized carbons (Fsp3) is 0.433. The molecule has 1 amide bonds. The van der Waals surface area contributed by atoms with Crippen molar-refractivity contribution >= 4 is 23.6 Å². The molecule has 7 heteroatoms. The Labute approximate surface area is 224 Å². The largest absolute Gasteiger partial charge is 0.466 e.